The van der Waals surface area contributed by atoms with E-state index in [0.717, 1.165) is 49.8 Å². The minimum absolute atomic E-state index is 0.202. The van der Waals surface area contributed by atoms with Crippen LogP contribution >= 0.6 is 0 Å². The summed E-state index contributed by atoms with van der Waals surface area (Å²) in [7, 11) is 0. The highest BCUT2D eigenvalue weighted by Gasteiger charge is 2.34. The summed E-state index contributed by atoms with van der Waals surface area (Å²) in [6.45, 7) is 12.4. The first-order chi connectivity index (χ1) is 17.7. The molecule has 2 aromatic rings. The highest BCUT2D eigenvalue weighted by atomic mass is 16.5. The van der Waals surface area contributed by atoms with E-state index in [1.54, 1.807) is 0 Å². The lowest BCUT2D eigenvalue weighted by molar-refractivity contribution is -0.0633. The molecule has 200 valence electrons. The van der Waals surface area contributed by atoms with Crippen LogP contribution in [0.5, 0.6) is 0 Å². The molecule has 3 atom stereocenters. The van der Waals surface area contributed by atoms with Crippen LogP contribution in [0.3, 0.4) is 0 Å². The molecule has 0 unspecified atom stereocenters. The van der Waals surface area contributed by atoms with E-state index in [4.69, 9.17) is 4.74 Å². The number of aliphatic hydroxyl groups is 1. The molecule has 5 rings (SSSR count). The molecule has 2 heterocycles. The first kappa shape index (κ1) is 26.3. The van der Waals surface area contributed by atoms with Gasteiger partial charge in [-0.2, -0.15) is 0 Å². The third kappa shape index (κ3) is 5.90. The summed E-state index contributed by atoms with van der Waals surface area (Å²) < 4.78 is 6.13. The number of imide groups is 1. The molecular weight excluding hydrogens is 466 g/mol. The van der Waals surface area contributed by atoms with E-state index >= 15 is 0 Å². The topological polar surface area (TPSA) is 73.3 Å². The number of rotatable bonds is 8. The van der Waals surface area contributed by atoms with Crippen LogP contribution in [0.15, 0.2) is 36.4 Å². The molecule has 1 saturated heterocycles. The number of benzene rings is 2. The van der Waals surface area contributed by atoms with Crippen molar-refractivity contribution >= 4 is 22.6 Å². The van der Waals surface area contributed by atoms with Crippen molar-refractivity contribution in [2.45, 2.75) is 52.2 Å². The van der Waals surface area contributed by atoms with Crippen LogP contribution in [0, 0.1) is 11.3 Å². The van der Waals surface area contributed by atoms with Gasteiger partial charge in [-0.25, -0.2) is 0 Å². The zero-order chi connectivity index (χ0) is 26.2. The quantitative estimate of drug-likeness (QED) is 0.550. The molecule has 1 aliphatic carbocycles. The van der Waals surface area contributed by atoms with E-state index in [1.165, 1.54) is 11.3 Å². The zero-order valence-electron chi connectivity index (χ0n) is 22.5. The van der Waals surface area contributed by atoms with E-state index in [0.29, 0.717) is 48.7 Å². The Morgan fingerprint density at radius 3 is 2.19 bits per heavy atom. The van der Waals surface area contributed by atoms with Gasteiger partial charge in [0.25, 0.3) is 11.8 Å². The Kier molecular flexibility index (Phi) is 7.68. The molecule has 2 aromatic carbocycles. The first-order valence-corrected chi connectivity index (χ1v) is 13.8. The lowest BCUT2D eigenvalue weighted by Crippen LogP contribution is -2.51. The van der Waals surface area contributed by atoms with Crippen LogP contribution < -0.4 is 0 Å². The second kappa shape index (κ2) is 10.8. The molecule has 0 aromatic heterocycles. The van der Waals surface area contributed by atoms with Gasteiger partial charge in [-0.3, -0.25) is 24.3 Å². The fourth-order valence-electron chi connectivity index (χ4n) is 6.70. The molecule has 1 N–H and O–H groups in total. The number of amides is 2. The van der Waals surface area contributed by atoms with Crippen LogP contribution in [0.25, 0.3) is 10.8 Å². The fraction of sp³-hybridized carbons (Fsp3) is 0.600. The van der Waals surface area contributed by atoms with Crippen LogP contribution in [0.1, 0.15) is 60.7 Å². The van der Waals surface area contributed by atoms with Crippen LogP contribution in [-0.2, 0) is 4.74 Å². The Hall–Kier alpha value is -2.32. The van der Waals surface area contributed by atoms with Gasteiger partial charge in [0.2, 0.25) is 0 Å². The number of piperazine rings is 1. The Morgan fingerprint density at radius 2 is 1.57 bits per heavy atom. The Morgan fingerprint density at radius 1 is 0.946 bits per heavy atom. The van der Waals surface area contributed by atoms with Crippen molar-refractivity contribution in [3.8, 4) is 0 Å². The predicted octanol–water partition coefficient (Wildman–Crippen LogP) is 3.65. The maximum absolute atomic E-state index is 13.1. The van der Waals surface area contributed by atoms with Gasteiger partial charge < -0.3 is 9.84 Å². The SMILES string of the molecule is C[C@@H]1C[C@@H](OC[C@@H](O)CN2CCN(CCN3C(=O)c4cccc5cccc(c45)C3=O)CC2)CC(C)(C)C1. The normalized spacial score (nSPS) is 25.6. The molecule has 0 bridgehead atoms. The molecule has 0 radical (unpaired) electrons. The van der Waals surface area contributed by atoms with Gasteiger partial charge >= 0.3 is 0 Å². The molecule has 2 fully saturated rings. The van der Waals surface area contributed by atoms with Crippen molar-refractivity contribution in [3.05, 3.63) is 47.5 Å². The Bertz CT molecular complexity index is 1090. The van der Waals surface area contributed by atoms with E-state index in [9.17, 15) is 14.7 Å². The average Bonchev–Trinajstić information content (AvgIpc) is 2.85. The Balaban J connectivity index is 1.07. The lowest BCUT2D eigenvalue weighted by Gasteiger charge is -2.39. The van der Waals surface area contributed by atoms with E-state index < -0.39 is 6.10 Å². The summed E-state index contributed by atoms with van der Waals surface area (Å²) in [5.74, 6) is 0.261. The molecule has 2 aliphatic heterocycles. The minimum atomic E-state index is -0.488. The first-order valence-electron chi connectivity index (χ1n) is 13.8. The lowest BCUT2D eigenvalue weighted by atomic mass is 9.71. The van der Waals surface area contributed by atoms with Gasteiger partial charge in [0, 0.05) is 62.3 Å². The number of aliphatic hydroxyl groups excluding tert-OH is 1. The standard InChI is InChI=1S/C30H41N3O4/c1-21-16-24(18-30(2,3)17-21)37-20-23(34)19-32-12-10-31(11-13-32)14-15-33-28(35)25-8-4-6-22-7-5-9-26(27(22)25)29(33)36/h4-9,21,23-24,34H,10-20H2,1-3H3/t21-,23+,24-/m1/s1. The number of ether oxygens (including phenoxy) is 1. The smallest absolute Gasteiger partial charge is 0.261 e. The zero-order valence-corrected chi connectivity index (χ0v) is 22.5. The minimum Gasteiger partial charge on any atom is -0.389 e. The molecule has 3 aliphatic rings. The summed E-state index contributed by atoms with van der Waals surface area (Å²) in [5.41, 5.74) is 1.53. The molecule has 1 saturated carbocycles. The maximum Gasteiger partial charge on any atom is 0.261 e. The van der Waals surface area contributed by atoms with Crippen molar-refractivity contribution < 1.29 is 19.4 Å². The predicted molar refractivity (Wildman–Crippen MR) is 145 cm³/mol. The maximum atomic E-state index is 13.1. The van der Waals surface area contributed by atoms with Crippen molar-refractivity contribution in [2.24, 2.45) is 11.3 Å². The molecule has 0 spiro atoms. The van der Waals surface area contributed by atoms with Crippen molar-refractivity contribution in [3.63, 3.8) is 0 Å². The van der Waals surface area contributed by atoms with Crippen LogP contribution in [0.4, 0.5) is 0 Å². The van der Waals surface area contributed by atoms with E-state index in [2.05, 4.69) is 30.6 Å². The van der Waals surface area contributed by atoms with Crippen molar-refractivity contribution in [1.29, 1.82) is 0 Å². The molecule has 7 nitrogen and oxygen atoms in total. The fourth-order valence-corrected chi connectivity index (χ4v) is 6.70. The second-order valence-corrected chi connectivity index (χ2v) is 12.1. The molecule has 37 heavy (non-hydrogen) atoms. The molecule has 7 heteroatoms. The summed E-state index contributed by atoms with van der Waals surface area (Å²) in [6, 6.07) is 11.3. The van der Waals surface area contributed by atoms with Gasteiger partial charge in [-0.1, -0.05) is 45.0 Å². The van der Waals surface area contributed by atoms with Gasteiger partial charge in [0.05, 0.1) is 18.8 Å². The number of hydrogen-bond donors (Lipinski definition) is 1. The van der Waals surface area contributed by atoms with E-state index in [-0.39, 0.29) is 17.9 Å². The number of β-amino-alcohol motifs (C(OH)–C–C–N with tert-alkyl or cyclic N) is 1. The third-order valence-electron chi connectivity index (χ3n) is 8.30. The second-order valence-electron chi connectivity index (χ2n) is 12.1. The molecular formula is C30H41N3O4. The van der Waals surface area contributed by atoms with Crippen LogP contribution in [-0.4, -0.2) is 96.2 Å². The molecule has 2 amide bonds. The number of carbonyl (C=O) groups excluding carboxylic acids is 2. The summed E-state index contributed by atoms with van der Waals surface area (Å²) >= 11 is 0. The van der Waals surface area contributed by atoms with Crippen molar-refractivity contribution in [2.75, 3.05) is 52.4 Å². The van der Waals surface area contributed by atoms with Gasteiger partial charge in [-0.15, -0.1) is 0 Å². The highest BCUT2D eigenvalue weighted by Crippen LogP contribution is 2.39. The van der Waals surface area contributed by atoms with Crippen LogP contribution in [0.2, 0.25) is 0 Å². The van der Waals surface area contributed by atoms with E-state index in [1.807, 2.05) is 36.4 Å². The van der Waals surface area contributed by atoms with Gasteiger partial charge in [0.15, 0.2) is 0 Å². The summed E-state index contributed by atoms with van der Waals surface area (Å²) in [6.07, 6.45) is 3.13. The highest BCUT2D eigenvalue weighted by molar-refractivity contribution is 6.25. The van der Waals surface area contributed by atoms with Crippen molar-refractivity contribution in [1.82, 2.24) is 14.7 Å². The largest absolute Gasteiger partial charge is 0.389 e. The van der Waals surface area contributed by atoms with Gasteiger partial charge in [0.1, 0.15) is 0 Å². The number of nitrogens with zero attached hydrogens (tertiary/aromatic N) is 3. The third-order valence-corrected chi connectivity index (χ3v) is 8.30. The van der Waals surface area contributed by atoms with Gasteiger partial charge in [-0.05, 0) is 48.1 Å². The Labute approximate surface area is 220 Å². The number of carbonyl (C=O) groups is 2. The monoisotopic (exact) mass is 507 g/mol. The summed E-state index contributed by atoms with van der Waals surface area (Å²) in [4.78, 5) is 32.2. The summed E-state index contributed by atoms with van der Waals surface area (Å²) in [5, 5.41) is 12.3. The number of hydrogen-bond acceptors (Lipinski definition) is 6. The average molecular weight is 508 g/mol.